The van der Waals surface area contributed by atoms with Gasteiger partial charge in [-0.15, -0.1) is 11.3 Å². The smallest absolute Gasteiger partial charge is 0.193 e. The Morgan fingerprint density at radius 1 is 1.43 bits per heavy atom. The van der Waals surface area contributed by atoms with Crippen LogP contribution in [0.15, 0.2) is 34.7 Å². The van der Waals surface area contributed by atoms with Gasteiger partial charge in [-0.25, -0.2) is 0 Å². The molecule has 0 aromatic carbocycles. The van der Waals surface area contributed by atoms with Crippen molar-refractivity contribution in [3.63, 3.8) is 0 Å². The molecule has 0 radical (unpaired) electrons. The quantitative estimate of drug-likeness (QED) is 0.510. The maximum Gasteiger partial charge on any atom is 0.193 e. The summed E-state index contributed by atoms with van der Waals surface area (Å²) in [7, 11) is 1.90. The zero-order chi connectivity index (χ0) is 16.1. The minimum Gasteiger partial charge on any atom is -0.356 e. The maximum atomic E-state index is 4.50. The molecule has 1 saturated heterocycles. The second-order valence-corrected chi connectivity index (χ2v) is 7.66. The third-order valence-corrected chi connectivity index (χ3v) is 5.67. The Kier molecular flexibility index (Phi) is 5.73. The molecule has 23 heavy (non-hydrogen) atoms. The number of hydrogen-bond acceptors (Lipinski definition) is 3. The lowest BCUT2D eigenvalue weighted by molar-refractivity contribution is 0.259. The lowest BCUT2D eigenvalue weighted by Gasteiger charge is -2.26. The Labute approximate surface area is 143 Å². The monoisotopic (exact) mass is 332 g/mol. The van der Waals surface area contributed by atoms with E-state index in [0.717, 1.165) is 45.1 Å². The Bertz CT molecular complexity index is 529. The number of thiophene rings is 1. The van der Waals surface area contributed by atoms with Crippen LogP contribution in [-0.2, 0) is 6.42 Å². The highest BCUT2D eigenvalue weighted by Gasteiger charge is 2.29. The number of guanidine groups is 1. The molecule has 2 unspecified atom stereocenters. The van der Waals surface area contributed by atoms with E-state index in [9.17, 15) is 0 Å². The third-order valence-electron chi connectivity index (χ3n) is 4.78. The normalized spacial score (nSPS) is 23.7. The van der Waals surface area contributed by atoms with Gasteiger partial charge in [0.05, 0.1) is 0 Å². The number of rotatable bonds is 5. The summed E-state index contributed by atoms with van der Waals surface area (Å²) >= 11 is 1.85. The van der Waals surface area contributed by atoms with E-state index in [1.807, 2.05) is 18.4 Å². The molecular formula is C18H28N4S. The van der Waals surface area contributed by atoms with Crippen molar-refractivity contribution in [2.45, 2.75) is 25.8 Å². The van der Waals surface area contributed by atoms with Gasteiger partial charge >= 0.3 is 0 Å². The minimum absolute atomic E-state index is 0.617. The van der Waals surface area contributed by atoms with E-state index in [4.69, 9.17) is 0 Å². The van der Waals surface area contributed by atoms with Gasteiger partial charge in [0, 0.05) is 50.7 Å². The Balaban J connectivity index is 1.44. The van der Waals surface area contributed by atoms with Crippen LogP contribution in [0, 0.1) is 5.92 Å². The van der Waals surface area contributed by atoms with E-state index < -0.39 is 0 Å². The van der Waals surface area contributed by atoms with Crippen LogP contribution < -0.4 is 5.32 Å². The highest BCUT2D eigenvalue weighted by molar-refractivity contribution is 7.09. The largest absolute Gasteiger partial charge is 0.356 e. The zero-order valence-electron chi connectivity index (χ0n) is 14.2. The molecule has 0 amide bonds. The van der Waals surface area contributed by atoms with Gasteiger partial charge in [0.25, 0.3) is 0 Å². The summed E-state index contributed by atoms with van der Waals surface area (Å²) in [6.45, 7) is 7.73. The van der Waals surface area contributed by atoms with Gasteiger partial charge in [-0.05, 0) is 30.2 Å². The number of likely N-dealkylation sites (tertiary alicyclic amines) is 1. The first-order chi connectivity index (χ1) is 11.3. The highest BCUT2D eigenvalue weighted by atomic mass is 32.1. The van der Waals surface area contributed by atoms with E-state index in [1.165, 1.54) is 11.3 Å². The molecule has 5 heteroatoms. The van der Waals surface area contributed by atoms with Gasteiger partial charge in [-0.1, -0.05) is 25.1 Å². The van der Waals surface area contributed by atoms with Gasteiger partial charge in [0.1, 0.15) is 0 Å². The molecule has 1 aromatic rings. The van der Waals surface area contributed by atoms with Crippen molar-refractivity contribution in [3.05, 3.63) is 34.5 Å². The molecule has 126 valence electrons. The summed E-state index contributed by atoms with van der Waals surface area (Å²) in [5.74, 6) is 1.68. The maximum absolute atomic E-state index is 4.50. The molecular weight excluding hydrogens is 304 g/mol. The van der Waals surface area contributed by atoms with E-state index in [2.05, 4.69) is 56.7 Å². The number of hydrogen-bond donors (Lipinski definition) is 1. The molecule has 2 aliphatic heterocycles. The fraction of sp³-hybridized carbons (Fsp3) is 0.611. The summed E-state index contributed by atoms with van der Waals surface area (Å²) < 4.78 is 0. The van der Waals surface area contributed by atoms with E-state index in [0.29, 0.717) is 12.0 Å². The summed E-state index contributed by atoms with van der Waals surface area (Å²) in [4.78, 5) is 10.9. The Hall–Kier alpha value is -1.33. The standard InChI is InChI=1S/C18H28N4S/c1-15(12-17-6-5-11-23-17)13-20-18(19-2)22-10-7-16(14-22)21-8-3-4-9-21/h3-6,11,15-16H,7-10,12-14H2,1-2H3,(H,19,20). The van der Waals surface area contributed by atoms with Crippen LogP contribution in [0.1, 0.15) is 18.2 Å². The summed E-state index contributed by atoms with van der Waals surface area (Å²) in [6, 6.07) is 5.04. The lowest BCUT2D eigenvalue weighted by Crippen LogP contribution is -2.44. The average Bonchev–Trinajstić information content (AvgIpc) is 3.30. The molecule has 2 aliphatic rings. The van der Waals surface area contributed by atoms with Crippen molar-refractivity contribution in [1.29, 1.82) is 0 Å². The van der Waals surface area contributed by atoms with E-state index in [1.54, 1.807) is 0 Å². The highest BCUT2D eigenvalue weighted by Crippen LogP contribution is 2.18. The molecule has 4 nitrogen and oxygen atoms in total. The number of nitrogens with zero attached hydrogens (tertiary/aromatic N) is 3. The fourth-order valence-electron chi connectivity index (χ4n) is 3.47. The average molecular weight is 333 g/mol. The van der Waals surface area contributed by atoms with Gasteiger partial charge in [-0.2, -0.15) is 0 Å². The van der Waals surface area contributed by atoms with Gasteiger partial charge in [-0.3, -0.25) is 9.89 Å². The number of aliphatic imine (C=N–C) groups is 1. The first-order valence-electron chi connectivity index (χ1n) is 8.63. The summed E-state index contributed by atoms with van der Waals surface area (Å²) in [5.41, 5.74) is 0. The first kappa shape index (κ1) is 16.5. The van der Waals surface area contributed by atoms with Crippen LogP contribution in [-0.4, -0.2) is 61.6 Å². The molecule has 0 spiro atoms. The van der Waals surface area contributed by atoms with Gasteiger partial charge < -0.3 is 10.2 Å². The van der Waals surface area contributed by atoms with Gasteiger partial charge in [0.2, 0.25) is 0 Å². The topological polar surface area (TPSA) is 30.9 Å². The summed E-state index contributed by atoms with van der Waals surface area (Å²) in [5, 5.41) is 5.74. The van der Waals surface area contributed by atoms with Crippen LogP contribution >= 0.6 is 11.3 Å². The molecule has 0 bridgehead atoms. The van der Waals surface area contributed by atoms with Crippen molar-refractivity contribution in [3.8, 4) is 0 Å². The molecule has 1 aromatic heterocycles. The molecule has 3 heterocycles. The minimum atomic E-state index is 0.617. The van der Waals surface area contributed by atoms with Crippen LogP contribution in [0.3, 0.4) is 0 Å². The molecule has 3 rings (SSSR count). The Morgan fingerprint density at radius 3 is 2.96 bits per heavy atom. The van der Waals surface area contributed by atoms with Crippen molar-refractivity contribution < 1.29 is 0 Å². The molecule has 1 fully saturated rings. The molecule has 0 saturated carbocycles. The van der Waals surface area contributed by atoms with Crippen molar-refractivity contribution in [2.24, 2.45) is 10.9 Å². The van der Waals surface area contributed by atoms with Crippen LogP contribution in [0.2, 0.25) is 0 Å². The van der Waals surface area contributed by atoms with Crippen LogP contribution in [0.5, 0.6) is 0 Å². The first-order valence-corrected chi connectivity index (χ1v) is 9.51. The molecule has 0 aliphatic carbocycles. The second-order valence-electron chi connectivity index (χ2n) is 6.63. The fourth-order valence-corrected chi connectivity index (χ4v) is 4.34. The zero-order valence-corrected chi connectivity index (χ0v) is 15.1. The van der Waals surface area contributed by atoms with Gasteiger partial charge in [0.15, 0.2) is 5.96 Å². The molecule has 2 atom stereocenters. The molecule has 1 N–H and O–H groups in total. The number of nitrogens with one attached hydrogen (secondary N) is 1. The second kappa shape index (κ2) is 7.97. The van der Waals surface area contributed by atoms with Crippen LogP contribution in [0.4, 0.5) is 0 Å². The van der Waals surface area contributed by atoms with E-state index in [-0.39, 0.29) is 0 Å². The van der Waals surface area contributed by atoms with Crippen LogP contribution in [0.25, 0.3) is 0 Å². The summed E-state index contributed by atoms with van der Waals surface area (Å²) in [6.07, 6.45) is 6.95. The van der Waals surface area contributed by atoms with Crippen molar-refractivity contribution in [1.82, 2.24) is 15.1 Å². The van der Waals surface area contributed by atoms with Crippen molar-refractivity contribution >= 4 is 17.3 Å². The predicted molar refractivity (Wildman–Crippen MR) is 99.2 cm³/mol. The predicted octanol–water partition coefficient (Wildman–Crippen LogP) is 2.45. The third kappa shape index (κ3) is 4.36. The SMILES string of the molecule is CN=C(NCC(C)Cc1cccs1)N1CCC(N2CC=CC2)C1. The Morgan fingerprint density at radius 2 is 2.26 bits per heavy atom. The van der Waals surface area contributed by atoms with E-state index >= 15 is 0 Å². The lowest BCUT2D eigenvalue weighted by atomic mass is 10.1. The van der Waals surface area contributed by atoms with Crippen molar-refractivity contribution in [2.75, 3.05) is 39.8 Å².